The van der Waals surface area contributed by atoms with Crippen molar-refractivity contribution in [2.75, 3.05) is 0 Å². The molecule has 0 fully saturated rings. The van der Waals surface area contributed by atoms with Gasteiger partial charge in [0, 0.05) is 12.8 Å². The summed E-state index contributed by atoms with van der Waals surface area (Å²) < 4.78 is 0. The molecule has 2 atom stereocenters. The molecule has 1 heteroatoms. The SMILES string of the molecule is CC1CC#CCC1O. The van der Waals surface area contributed by atoms with Crippen molar-refractivity contribution in [1.82, 2.24) is 0 Å². The maximum atomic E-state index is 9.08. The fraction of sp³-hybridized carbons (Fsp3) is 0.714. The monoisotopic (exact) mass is 110 g/mol. The van der Waals surface area contributed by atoms with Gasteiger partial charge < -0.3 is 5.11 Å². The Labute approximate surface area is 49.7 Å². The Morgan fingerprint density at radius 3 is 2.38 bits per heavy atom. The molecular formula is C7H10O. The van der Waals surface area contributed by atoms with E-state index in [2.05, 4.69) is 11.8 Å². The molecule has 1 nitrogen and oxygen atoms in total. The van der Waals surface area contributed by atoms with Gasteiger partial charge in [0.2, 0.25) is 0 Å². The maximum absolute atomic E-state index is 9.08. The van der Waals surface area contributed by atoms with Crippen LogP contribution in [0.1, 0.15) is 19.8 Å². The van der Waals surface area contributed by atoms with Crippen molar-refractivity contribution < 1.29 is 5.11 Å². The van der Waals surface area contributed by atoms with E-state index in [1.165, 1.54) is 0 Å². The molecule has 0 amide bonds. The van der Waals surface area contributed by atoms with Crippen LogP contribution in [0.25, 0.3) is 0 Å². The first-order chi connectivity index (χ1) is 3.80. The van der Waals surface area contributed by atoms with Gasteiger partial charge in [-0.3, -0.25) is 0 Å². The zero-order chi connectivity index (χ0) is 5.98. The Bertz CT molecular complexity index is 115. The smallest absolute Gasteiger partial charge is 0.0683 e. The van der Waals surface area contributed by atoms with Crippen LogP contribution in [0.4, 0.5) is 0 Å². The summed E-state index contributed by atoms with van der Waals surface area (Å²) in [5.74, 6) is 6.21. The van der Waals surface area contributed by atoms with E-state index >= 15 is 0 Å². The third kappa shape index (κ3) is 1.02. The standard InChI is InChI=1S/C7H10O/c1-6-4-2-3-5-7(6)8/h6-8H,4-5H2,1H3. The van der Waals surface area contributed by atoms with Gasteiger partial charge in [0.25, 0.3) is 0 Å². The average Bonchev–Trinajstić information content (AvgIpc) is 1.77. The normalized spacial score (nSPS) is 35.8. The van der Waals surface area contributed by atoms with E-state index in [4.69, 9.17) is 5.11 Å². The van der Waals surface area contributed by atoms with Crippen molar-refractivity contribution in [3.05, 3.63) is 0 Å². The van der Waals surface area contributed by atoms with Gasteiger partial charge in [0.05, 0.1) is 6.10 Å². The summed E-state index contributed by atoms with van der Waals surface area (Å²) in [7, 11) is 0. The Hall–Kier alpha value is -0.480. The second-order valence-corrected chi connectivity index (χ2v) is 2.31. The molecule has 1 rings (SSSR count). The minimum atomic E-state index is -0.170. The van der Waals surface area contributed by atoms with Crippen LogP contribution < -0.4 is 0 Å². The van der Waals surface area contributed by atoms with Crippen LogP contribution in [0.3, 0.4) is 0 Å². The van der Waals surface area contributed by atoms with Gasteiger partial charge in [0.1, 0.15) is 0 Å². The molecule has 8 heavy (non-hydrogen) atoms. The Balaban J connectivity index is 2.51. The minimum absolute atomic E-state index is 0.170. The van der Waals surface area contributed by atoms with E-state index in [9.17, 15) is 0 Å². The number of hydrogen-bond acceptors (Lipinski definition) is 1. The number of aliphatic hydroxyl groups is 1. The molecule has 0 spiro atoms. The molecule has 0 aromatic rings. The summed E-state index contributed by atoms with van der Waals surface area (Å²) in [5, 5.41) is 9.08. The first kappa shape index (κ1) is 5.65. The lowest BCUT2D eigenvalue weighted by atomic mass is 9.95. The van der Waals surface area contributed by atoms with E-state index in [1.807, 2.05) is 6.92 Å². The first-order valence-corrected chi connectivity index (χ1v) is 2.94. The summed E-state index contributed by atoms with van der Waals surface area (Å²) in [6, 6.07) is 0. The van der Waals surface area contributed by atoms with Crippen LogP contribution in [0.5, 0.6) is 0 Å². The molecule has 0 heterocycles. The second kappa shape index (κ2) is 2.19. The fourth-order valence-corrected chi connectivity index (χ4v) is 0.747. The van der Waals surface area contributed by atoms with Crippen molar-refractivity contribution in [1.29, 1.82) is 0 Å². The van der Waals surface area contributed by atoms with Crippen molar-refractivity contribution in [3.63, 3.8) is 0 Å². The second-order valence-electron chi connectivity index (χ2n) is 2.31. The maximum Gasteiger partial charge on any atom is 0.0683 e. The van der Waals surface area contributed by atoms with Gasteiger partial charge in [-0.05, 0) is 5.92 Å². The largest absolute Gasteiger partial charge is 0.392 e. The van der Waals surface area contributed by atoms with Crippen LogP contribution in [-0.4, -0.2) is 11.2 Å². The number of aliphatic hydroxyl groups excluding tert-OH is 1. The van der Waals surface area contributed by atoms with Gasteiger partial charge in [-0.1, -0.05) is 6.92 Å². The molecule has 0 aromatic heterocycles. The fourth-order valence-electron chi connectivity index (χ4n) is 0.747. The van der Waals surface area contributed by atoms with Crippen molar-refractivity contribution in [2.45, 2.75) is 25.9 Å². The highest BCUT2D eigenvalue weighted by Crippen LogP contribution is 2.12. The van der Waals surface area contributed by atoms with Gasteiger partial charge >= 0.3 is 0 Å². The quantitative estimate of drug-likeness (QED) is 0.457. The molecule has 1 aliphatic carbocycles. The molecule has 0 aromatic carbocycles. The highest BCUT2D eigenvalue weighted by molar-refractivity contribution is 5.06. The summed E-state index contributed by atoms with van der Waals surface area (Å²) in [5.41, 5.74) is 0. The van der Waals surface area contributed by atoms with E-state index < -0.39 is 0 Å². The predicted octanol–water partition coefficient (Wildman–Crippen LogP) is 0.781. The first-order valence-electron chi connectivity index (χ1n) is 2.94. The summed E-state index contributed by atoms with van der Waals surface area (Å²) >= 11 is 0. The lowest BCUT2D eigenvalue weighted by Crippen LogP contribution is -2.18. The van der Waals surface area contributed by atoms with E-state index in [1.54, 1.807) is 0 Å². The van der Waals surface area contributed by atoms with Crippen molar-refractivity contribution >= 4 is 0 Å². The lowest BCUT2D eigenvalue weighted by Gasteiger charge is -2.15. The molecule has 0 saturated heterocycles. The molecule has 0 bridgehead atoms. The van der Waals surface area contributed by atoms with Crippen molar-refractivity contribution in [2.24, 2.45) is 5.92 Å². The van der Waals surface area contributed by atoms with Crippen LogP contribution in [0.15, 0.2) is 0 Å². The summed E-state index contributed by atoms with van der Waals surface area (Å²) in [6.45, 7) is 2.03. The summed E-state index contributed by atoms with van der Waals surface area (Å²) in [6.07, 6.45) is 1.36. The zero-order valence-electron chi connectivity index (χ0n) is 5.02. The highest BCUT2D eigenvalue weighted by atomic mass is 16.3. The topological polar surface area (TPSA) is 20.2 Å². The Kier molecular flexibility index (Phi) is 1.55. The Morgan fingerprint density at radius 1 is 1.38 bits per heavy atom. The predicted molar refractivity (Wildman–Crippen MR) is 32.2 cm³/mol. The molecule has 44 valence electrons. The van der Waals surface area contributed by atoms with Gasteiger partial charge in [-0.2, -0.15) is 0 Å². The van der Waals surface area contributed by atoms with Crippen LogP contribution in [0.2, 0.25) is 0 Å². The highest BCUT2D eigenvalue weighted by Gasteiger charge is 2.13. The third-order valence-corrected chi connectivity index (χ3v) is 1.52. The molecule has 0 radical (unpaired) electrons. The van der Waals surface area contributed by atoms with E-state index in [0.29, 0.717) is 12.3 Å². The van der Waals surface area contributed by atoms with Crippen LogP contribution >= 0.6 is 0 Å². The third-order valence-electron chi connectivity index (χ3n) is 1.52. The molecule has 2 unspecified atom stereocenters. The summed E-state index contributed by atoms with van der Waals surface area (Å²) in [4.78, 5) is 0. The van der Waals surface area contributed by atoms with Gasteiger partial charge in [-0.25, -0.2) is 0 Å². The molecule has 1 N–H and O–H groups in total. The zero-order valence-corrected chi connectivity index (χ0v) is 5.02. The minimum Gasteiger partial charge on any atom is -0.392 e. The Morgan fingerprint density at radius 2 is 2.00 bits per heavy atom. The van der Waals surface area contributed by atoms with Gasteiger partial charge in [-0.15, -0.1) is 11.8 Å². The van der Waals surface area contributed by atoms with Crippen LogP contribution in [-0.2, 0) is 0 Å². The van der Waals surface area contributed by atoms with Crippen LogP contribution in [0, 0.1) is 17.8 Å². The van der Waals surface area contributed by atoms with E-state index in [-0.39, 0.29) is 6.10 Å². The molecule has 1 aliphatic rings. The molecule has 0 aliphatic heterocycles. The molecule has 0 saturated carbocycles. The lowest BCUT2D eigenvalue weighted by molar-refractivity contribution is 0.120. The molecular weight excluding hydrogens is 100 g/mol. The van der Waals surface area contributed by atoms with Crippen molar-refractivity contribution in [3.8, 4) is 11.8 Å². The number of hydrogen-bond donors (Lipinski definition) is 1. The number of rotatable bonds is 0. The average molecular weight is 110 g/mol. The van der Waals surface area contributed by atoms with E-state index in [0.717, 1.165) is 6.42 Å². The van der Waals surface area contributed by atoms with Gasteiger partial charge in [0.15, 0.2) is 0 Å².